The molecular weight excluding hydrogens is 296 g/mol. The SMILES string of the molecule is Nc1ccc(S(=O)(=O)NC2CCCC/C=C\C3CC3C2)cc1. The lowest BCUT2D eigenvalue weighted by atomic mass is 10.0. The summed E-state index contributed by atoms with van der Waals surface area (Å²) in [5.74, 6) is 1.31. The molecular formula is C17H24N2O2S. The van der Waals surface area contributed by atoms with Crippen LogP contribution in [0.15, 0.2) is 41.3 Å². The Morgan fingerprint density at radius 3 is 2.64 bits per heavy atom. The van der Waals surface area contributed by atoms with E-state index in [1.165, 1.54) is 6.42 Å². The molecule has 0 radical (unpaired) electrons. The summed E-state index contributed by atoms with van der Waals surface area (Å²) in [4.78, 5) is 0.297. The molecule has 1 aromatic carbocycles. The molecule has 2 aliphatic rings. The Hall–Kier alpha value is -1.33. The number of hydrogen-bond donors (Lipinski definition) is 2. The third-order valence-electron chi connectivity index (χ3n) is 4.63. The first-order chi connectivity index (χ1) is 10.5. The molecule has 3 N–H and O–H groups in total. The molecule has 4 nitrogen and oxygen atoms in total. The highest BCUT2D eigenvalue weighted by Crippen LogP contribution is 2.44. The van der Waals surface area contributed by atoms with Crippen LogP contribution in [0.4, 0.5) is 5.69 Å². The van der Waals surface area contributed by atoms with Gasteiger partial charge in [0, 0.05) is 11.7 Å². The topological polar surface area (TPSA) is 72.2 Å². The number of anilines is 1. The second kappa shape index (κ2) is 6.42. The van der Waals surface area contributed by atoms with Crippen molar-refractivity contribution in [3.63, 3.8) is 0 Å². The number of nitrogens with two attached hydrogens (primary N) is 1. The first-order valence-electron chi connectivity index (χ1n) is 8.09. The molecule has 0 amide bonds. The number of hydrogen-bond acceptors (Lipinski definition) is 3. The van der Waals surface area contributed by atoms with Crippen LogP contribution in [-0.2, 0) is 10.0 Å². The molecule has 5 heteroatoms. The van der Waals surface area contributed by atoms with Gasteiger partial charge in [0.1, 0.15) is 0 Å². The number of nitrogen functional groups attached to an aromatic ring is 1. The Bertz CT molecular complexity index is 637. The van der Waals surface area contributed by atoms with E-state index < -0.39 is 10.0 Å². The number of allylic oxidation sites excluding steroid dienone is 2. The molecule has 22 heavy (non-hydrogen) atoms. The zero-order valence-corrected chi connectivity index (χ0v) is 13.6. The average Bonchev–Trinajstić information content (AvgIpc) is 3.21. The fourth-order valence-corrected chi connectivity index (χ4v) is 4.51. The second-order valence-corrected chi connectivity index (χ2v) is 8.21. The third-order valence-corrected chi connectivity index (χ3v) is 6.17. The molecule has 3 rings (SSSR count). The van der Waals surface area contributed by atoms with Crippen LogP contribution in [-0.4, -0.2) is 14.5 Å². The summed E-state index contributed by atoms with van der Waals surface area (Å²) in [5.41, 5.74) is 6.20. The van der Waals surface area contributed by atoms with Gasteiger partial charge in [-0.1, -0.05) is 18.6 Å². The highest BCUT2D eigenvalue weighted by atomic mass is 32.2. The first kappa shape index (κ1) is 15.6. The number of rotatable bonds is 3. The molecule has 0 aliphatic heterocycles. The summed E-state index contributed by atoms with van der Waals surface area (Å²) in [5, 5.41) is 0. The van der Waals surface area contributed by atoms with Crippen molar-refractivity contribution in [2.24, 2.45) is 11.8 Å². The van der Waals surface area contributed by atoms with Gasteiger partial charge in [0.25, 0.3) is 0 Å². The van der Waals surface area contributed by atoms with Crippen LogP contribution in [0.2, 0.25) is 0 Å². The maximum absolute atomic E-state index is 12.5. The second-order valence-electron chi connectivity index (χ2n) is 6.50. The summed E-state index contributed by atoms with van der Waals surface area (Å²) < 4.78 is 27.9. The van der Waals surface area contributed by atoms with E-state index in [1.807, 2.05) is 0 Å². The summed E-state index contributed by atoms with van der Waals surface area (Å²) >= 11 is 0. The van der Waals surface area contributed by atoms with E-state index in [4.69, 9.17) is 5.73 Å². The van der Waals surface area contributed by atoms with Gasteiger partial charge in [-0.2, -0.15) is 0 Å². The highest BCUT2D eigenvalue weighted by Gasteiger charge is 2.37. The number of nitrogens with one attached hydrogen (secondary N) is 1. The van der Waals surface area contributed by atoms with E-state index in [1.54, 1.807) is 24.3 Å². The quantitative estimate of drug-likeness (QED) is 0.664. The van der Waals surface area contributed by atoms with E-state index in [9.17, 15) is 8.42 Å². The average molecular weight is 320 g/mol. The van der Waals surface area contributed by atoms with Crippen LogP contribution in [0, 0.1) is 11.8 Å². The standard InChI is InChI=1S/C17H24N2O2S/c18-15-7-9-17(10-8-15)22(20,21)19-16-6-4-2-1-3-5-13-11-14(13)12-16/h3,5,7-10,13-14,16,19H,1-2,4,6,11-12,18H2/b5-3-. The summed E-state index contributed by atoms with van der Waals surface area (Å²) in [6.45, 7) is 0. The fraction of sp³-hybridized carbons (Fsp3) is 0.529. The summed E-state index contributed by atoms with van der Waals surface area (Å²) in [6.07, 6.45) is 11.0. The molecule has 0 aromatic heterocycles. The van der Waals surface area contributed by atoms with E-state index in [0.717, 1.165) is 32.1 Å². The number of sulfonamides is 1. The monoisotopic (exact) mass is 320 g/mol. The number of fused-ring (bicyclic) bond motifs is 1. The Balaban J connectivity index is 1.69. The number of benzene rings is 1. The zero-order valence-electron chi connectivity index (χ0n) is 12.7. The van der Waals surface area contributed by atoms with Crippen molar-refractivity contribution in [1.29, 1.82) is 0 Å². The third kappa shape index (κ3) is 3.90. The van der Waals surface area contributed by atoms with E-state index in [2.05, 4.69) is 16.9 Å². The molecule has 0 spiro atoms. The smallest absolute Gasteiger partial charge is 0.240 e. The van der Waals surface area contributed by atoms with Gasteiger partial charge in [0.2, 0.25) is 10.0 Å². The molecule has 3 atom stereocenters. The van der Waals surface area contributed by atoms with Crippen LogP contribution < -0.4 is 10.5 Å². The normalized spacial score (nSPS) is 30.3. The van der Waals surface area contributed by atoms with Crippen molar-refractivity contribution < 1.29 is 8.42 Å². The summed E-state index contributed by atoms with van der Waals surface area (Å²) in [7, 11) is -3.45. The minimum atomic E-state index is -3.45. The van der Waals surface area contributed by atoms with E-state index in [0.29, 0.717) is 22.4 Å². The Morgan fingerprint density at radius 2 is 1.86 bits per heavy atom. The lowest BCUT2D eigenvalue weighted by Gasteiger charge is -2.19. The molecule has 3 unspecified atom stereocenters. The van der Waals surface area contributed by atoms with Gasteiger partial charge in [0.05, 0.1) is 4.90 Å². The summed E-state index contributed by atoms with van der Waals surface area (Å²) in [6, 6.07) is 6.44. The van der Waals surface area contributed by atoms with E-state index in [-0.39, 0.29) is 6.04 Å². The van der Waals surface area contributed by atoms with E-state index >= 15 is 0 Å². The Morgan fingerprint density at radius 1 is 1.09 bits per heavy atom. The Labute approximate surface area is 132 Å². The minimum absolute atomic E-state index is 0.0454. The highest BCUT2D eigenvalue weighted by molar-refractivity contribution is 7.89. The van der Waals surface area contributed by atoms with Crippen LogP contribution >= 0.6 is 0 Å². The largest absolute Gasteiger partial charge is 0.399 e. The van der Waals surface area contributed by atoms with Gasteiger partial charge in [0.15, 0.2) is 0 Å². The van der Waals surface area contributed by atoms with Gasteiger partial charge in [-0.15, -0.1) is 0 Å². The van der Waals surface area contributed by atoms with Gasteiger partial charge < -0.3 is 5.73 Å². The van der Waals surface area contributed by atoms with Crippen molar-refractivity contribution in [3.05, 3.63) is 36.4 Å². The van der Waals surface area contributed by atoms with Crippen LogP contribution in [0.5, 0.6) is 0 Å². The first-order valence-corrected chi connectivity index (χ1v) is 9.57. The Kier molecular flexibility index (Phi) is 4.54. The lowest BCUT2D eigenvalue weighted by molar-refractivity contribution is 0.456. The van der Waals surface area contributed by atoms with Gasteiger partial charge in [-0.05, 0) is 68.2 Å². The molecule has 120 valence electrons. The van der Waals surface area contributed by atoms with Crippen molar-refractivity contribution in [3.8, 4) is 0 Å². The fourth-order valence-electron chi connectivity index (χ4n) is 3.23. The molecule has 2 aliphatic carbocycles. The molecule has 1 aromatic rings. The van der Waals surface area contributed by atoms with Crippen LogP contribution in [0.25, 0.3) is 0 Å². The molecule has 1 fully saturated rings. The van der Waals surface area contributed by atoms with Gasteiger partial charge >= 0.3 is 0 Å². The maximum Gasteiger partial charge on any atom is 0.240 e. The maximum atomic E-state index is 12.5. The van der Waals surface area contributed by atoms with Gasteiger partial charge in [-0.3, -0.25) is 0 Å². The minimum Gasteiger partial charge on any atom is -0.399 e. The predicted octanol–water partition coefficient (Wildman–Crippen LogP) is 3.07. The van der Waals surface area contributed by atoms with Gasteiger partial charge in [-0.25, -0.2) is 13.1 Å². The zero-order chi connectivity index (χ0) is 15.6. The van der Waals surface area contributed by atoms with Crippen molar-refractivity contribution in [1.82, 2.24) is 4.72 Å². The molecule has 0 bridgehead atoms. The molecule has 0 saturated heterocycles. The van der Waals surface area contributed by atoms with Crippen molar-refractivity contribution in [2.75, 3.05) is 5.73 Å². The van der Waals surface area contributed by atoms with Crippen LogP contribution in [0.1, 0.15) is 38.5 Å². The van der Waals surface area contributed by atoms with Crippen molar-refractivity contribution >= 4 is 15.7 Å². The molecule has 0 heterocycles. The molecule has 1 saturated carbocycles. The predicted molar refractivity (Wildman–Crippen MR) is 88.8 cm³/mol. The van der Waals surface area contributed by atoms with Crippen LogP contribution in [0.3, 0.4) is 0 Å². The lowest BCUT2D eigenvalue weighted by Crippen LogP contribution is -2.35. The van der Waals surface area contributed by atoms with Crippen molar-refractivity contribution in [2.45, 2.75) is 49.5 Å².